The van der Waals surface area contributed by atoms with Gasteiger partial charge in [-0.15, -0.1) is 24.0 Å². The maximum atomic E-state index is 5.91. The van der Waals surface area contributed by atoms with Crippen LogP contribution in [0.25, 0.3) is 0 Å². The van der Waals surface area contributed by atoms with Gasteiger partial charge in [0.15, 0.2) is 5.96 Å². The molecule has 1 unspecified atom stereocenters. The molecule has 1 atom stereocenters. The van der Waals surface area contributed by atoms with E-state index in [2.05, 4.69) is 46.3 Å². The molecule has 1 heterocycles. The fourth-order valence-electron chi connectivity index (χ4n) is 2.08. The van der Waals surface area contributed by atoms with Crippen LogP contribution in [0.4, 0.5) is 5.69 Å². The van der Waals surface area contributed by atoms with E-state index in [0.717, 1.165) is 23.6 Å². The normalized spacial score (nSPS) is 12.4. The van der Waals surface area contributed by atoms with Crippen molar-refractivity contribution >= 4 is 35.6 Å². The monoisotopic (exact) mass is 425 g/mol. The average molecular weight is 425 g/mol. The van der Waals surface area contributed by atoms with Gasteiger partial charge in [0.25, 0.3) is 0 Å². The third kappa shape index (κ3) is 6.13. The molecule has 124 valence electrons. The van der Waals surface area contributed by atoms with Crippen molar-refractivity contribution in [2.45, 2.75) is 39.7 Å². The number of anilines is 1. The maximum absolute atomic E-state index is 5.91. The summed E-state index contributed by atoms with van der Waals surface area (Å²) in [6.45, 7) is 6.71. The van der Waals surface area contributed by atoms with E-state index in [1.54, 1.807) is 6.20 Å². The number of benzene rings is 1. The Bertz CT molecular complexity index is 640. The molecular formula is C17H24IN5. The highest BCUT2D eigenvalue weighted by molar-refractivity contribution is 14.0. The fraction of sp³-hybridized carbons (Fsp3) is 0.353. The summed E-state index contributed by atoms with van der Waals surface area (Å²) in [4.78, 5) is 12.6. The molecule has 0 bridgehead atoms. The number of nitrogens with two attached hydrogens (primary N) is 1. The van der Waals surface area contributed by atoms with Crippen LogP contribution in [-0.4, -0.2) is 15.9 Å². The molecule has 5 nitrogen and oxygen atoms in total. The van der Waals surface area contributed by atoms with Gasteiger partial charge in [0.1, 0.15) is 5.82 Å². The van der Waals surface area contributed by atoms with E-state index in [0.29, 0.717) is 18.4 Å². The molecule has 0 aliphatic heterocycles. The Kier molecular flexibility index (Phi) is 7.94. The lowest BCUT2D eigenvalue weighted by atomic mass is 9.99. The zero-order valence-electron chi connectivity index (χ0n) is 13.8. The van der Waals surface area contributed by atoms with Crippen LogP contribution in [0.1, 0.15) is 43.3 Å². The quantitative estimate of drug-likeness (QED) is 0.434. The van der Waals surface area contributed by atoms with Gasteiger partial charge in [-0.2, -0.15) is 0 Å². The van der Waals surface area contributed by atoms with Crippen LogP contribution >= 0.6 is 24.0 Å². The van der Waals surface area contributed by atoms with E-state index in [1.165, 1.54) is 5.56 Å². The van der Waals surface area contributed by atoms with Crippen molar-refractivity contribution in [2.24, 2.45) is 10.7 Å². The van der Waals surface area contributed by atoms with Crippen LogP contribution in [0.15, 0.2) is 41.5 Å². The van der Waals surface area contributed by atoms with Gasteiger partial charge in [-0.05, 0) is 43.0 Å². The highest BCUT2D eigenvalue weighted by atomic mass is 127. The van der Waals surface area contributed by atoms with E-state index in [9.17, 15) is 0 Å². The summed E-state index contributed by atoms with van der Waals surface area (Å²) in [6.07, 6.45) is 2.86. The van der Waals surface area contributed by atoms with Crippen LogP contribution < -0.4 is 11.1 Å². The largest absolute Gasteiger partial charge is 0.370 e. The Labute approximate surface area is 154 Å². The van der Waals surface area contributed by atoms with Gasteiger partial charge < -0.3 is 11.1 Å². The lowest BCUT2D eigenvalue weighted by Gasteiger charge is -2.10. The Hall–Kier alpha value is -1.70. The van der Waals surface area contributed by atoms with E-state index in [1.807, 2.05) is 25.1 Å². The Morgan fingerprint density at radius 2 is 1.96 bits per heavy atom. The van der Waals surface area contributed by atoms with Crippen molar-refractivity contribution in [3.05, 3.63) is 53.6 Å². The molecule has 2 aromatic rings. The second kappa shape index (κ2) is 9.44. The summed E-state index contributed by atoms with van der Waals surface area (Å²) >= 11 is 0. The first-order valence-corrected chi connectivity index (χ1v) is 7.54. The second-order valence-electron chi connectivity index (χ2n) is 5.35. The van der Waals surface area contributed by atoms with Gasteiger partial charge in [-0.1, -0.05) is 26.0 Å². The van der Waals surface area contributed by atoms with Crippen molar-refractivity contribution in [2.75, 3.05) is 5.32 Å². The highest BCUT2D eigenvalue weighted by Gasteiger charge is 2.03. The van der Waals surface area contributed by atoms with Crippen LogP contribution in [0.2, 0.25) is 0 Å². The number of rotatable bonds is 5. The van der Waals surface area contributed by atoms with Crippen molar-refractivity contribution in [1.82, 2.24) is 9.97 Å². The first kappa shape index (κ1) is 19.3. The summed E-state index contributed by atoms with van der Waals surface area (Å²) in [5.74, 6) is 1.69. The van der Waals surface area contributed by atoms with Crippen LogP contribution in [0.3, 0.4) is 0 Å². The molecule has 23 heavy (non-hydrogen) atoms. The maximum Gasteiger partial charge on any atom is 0.193 e. The molecule has 3 N–H and O–H groups in total. The molecule has 0 saturated carbocycles. The summed E-state index contributed by atoms with van der Waals surface area (Å²) in [5.41, 5.74) is 9.03. The number of hydrogen-bond acceptors (Lipinski definition) is 3. The number of aromatic nitrogens is 2. The number of aliphatic imine (C=N–C) groups is 1. The Balaban J connectivity index is 0.00000264. The number of halogens is 1. The Morgan fingerprint density at radius 1 is 1.26 bits per heavy atom. The molecule has 0 spiro atoms. The van der Waals surface area contributed by atoms with Crippen molar-refractivity contribution in [1.29, 1.82) is 0 Å². The Morgan fingerprint density at radius 3 is 2.57 bits per heavy atom. The molecule has 6 heteroatoms. The topological polar surface area (TPSA) is 76.2 Å². The fourth-order valence-corrected chi connectivity index (χ4v) is 2.08. The van der Waals surface area contributed by atoms with Crippen LogP contribution in [-0.2, 0) is 6.54 Å². The predicted molar refractivity (Wildman–Crippen MR) is 106 cm³/mol. The third-order valence-corrected chi connectivity index (χ3v) is 3.61. The van der Waals surface area contributed by atoms with E-state index >= 15 is 0 Å². The number of hydrogen-bond donors (Lipinski definition) is 2. The number of guanidine groups is 1. The lowest BCUT2D eigenvalue weighted by molar-refractivity contribution is 0.734. The minimum Gasteiger partial charge on any atom is -0.370 e. The van der Waals surface area contributed by atoms with Gasteiger partial charge in [0.2, 0.25) is 0 Å². The summed E-state index contributed by atoms with van der Waals surface area (Å²) in [6, 6.07) is 10.1. The summed E-state index contributed by atoms with van der Waals surface area (Å²) in [5, 5.41) is 3.10. The minimum absolute atomic E-state index is 0. The molecule has 2 rings (SSSR count). The average Bonchev–Trinajstić information content (AvgIpc) is 2.53. The summed E-state index contributed by atoms with van der Waals surface area (Å²) in [7, 11) is 0. The molecule has 0 amide bonds. The van der Waals surface area contributed by atoms with Crippen LogP contribution in [0, 0.1) is 6.92 Å². The molecule has 0 fully saturated rings. The number of aryl methyl sites for hydroxylation is 1. The van der Waals surface area contributed by atoms with E-state index in [4.69, 9.17) is 5.73 Å². The molecule has 1 aromatic heterocycles. The predicted octanol–water partition coefficient (Wildman–Crippen LogP) is 3.84. The first-order valence-electron chi connectivity index (χ1n) is 7.54. The minimum atomic E-state index is 0. The van der Waals surface area contributed by atoms with E-state index < -0.39 is 0 Å². The van der Waals surface area contributed by atoms with Gasteiger partial charge >= 0.3 is 0 Å². The van der Waals surface area contributed by atoms with Gasteiger partial charge in [-0.25, -0.2) is 15.0 Å². The van der Waals surface area contributed by atoms with Crippen LogP contribution in [0.5, 0.6) is 0 Å². The number of nitrogens with one attached hydrogen (secondary N) is 1. The second-order valence-corrected chi connectivity index (χ2v) is 5.35. The highest BCUT2D eigenvalue weighted by Crippen LogP contribution is 2.20. The smallest absolute Gasteiger partial charge is 0.193 e. The summed E-state index contributed by atoms with van der Waals surface area (Å²) < 4.78 is 0. The van der Waals surface area contributed by atoms with Gasteiger partial charge in [-0.3, -0.25) is 0 Å². The van der Waals surface area contributed by atoms with Crippen molar-refractivity contribution in [3.63, 3.8) is 0 Å². The van der Waals surface area contributed by atoms with Crippen molar-refractivity contribution < 1.29 is 0 Å². The van der Waals surface area contributed by atoms with Gasteiger partial charge in [0.05, 0.1) is 12.2 Å². The molecule has 0 saturated heterocycles. The van der Waals surface area contributed by atoms with Crippen molar-refractivity contribution in [3.8, 4) is 0 Å². The molecule has 0 aliphatic rings. The molecule has 0 radical (unpaired) electrons. The standard InChI is InChI=1S/C17H23N5.HI/c1-4-12(2)14-5-7-15(8-6-14)22-17(18)20-11-16-9-10-19-13(3)21-16;/h5-10,12H,4,11H2,1-3H3,(H3,18,20,22);1H. The van der Waals surface area contributed by atoms with E-state index in [-0.39, 0.29) is 24.0 Å². The SMILES string of the molecule is CCC(C)c1ccc(NC(N)=NCc2ccnc(C)n2)cc1.I. The zero-order chi connectivity index (χ0) is 15.9. The zero-order valence-corrected chi connectivity index (χ0v) is 16.1. The molecular weight excluding hydrogens is 401 g/mol. The molecule has 0 aliphatic carbocycles. The lowest BCUT2D eigenvalue weighted by Crippen LogP contribution is -2.22. The van der Waals surface area contributed by atoms with Gasteiger partial charge in [0, 0.05) is 11.9 Å². The molecule has 1 aromatic carbocycles. The third-order valence-electron chi connectivity index (χ3n) is 3.61. The number of nitrogens with zero attached hydrogens (tertiary/aromatic N) is 3. The first-order chi connectivity index (χ1) is 10.6.